The van der Waals surface area contributed by atoms with Gasteiger partial charge in [-0.15, -0.1) is 0 Å². The van der Waals surface area contributed by atoms with Crippen LogP contribution in [0.5, 0.6) is 0 Å². The van der Waals surface area contributed by atoms with Gasteiger partial charge in [0, 0.05) is 12.8 Å². The second kappa shape index (κ2) is 44.0. The van der Waals surface area contributed by atoms with Gasteiger partial charge in [0.2, 0.25) is 0 Å². The van der Waals surface area contributed by atoms with Crippen LogP contribution < -0.4 is 0 Å². The summed E-state index contributed by atoms with van der Waals surface area (Å²) < 4.78 is 10.6. The molecule has 53 heavy (non-hydrogen) atoms. The predicted octanol–water partition coefficient (Wildman–Crippen LogP) is 14.3. The highest BCUT2D eigenvalue weighted by Crippen LogP contribution is 2.16. The van der Waals surface area contributed by atoms with Gasteiger partial charge in [-0.05, 0) is 51.4 Å². The van der Waals surface area contributed by atoms with Crippen LogP contribution in [-0.2, 0) is 19.1 Å². The number of allylic oxidation sites excluding steroid dienone is 10. The smallest absolute Gasteiger partial charge is 0.306 e. The molecule has 0 aliphatic rings. The van der Waals surface area contributed by atoms with Crippen molar-refractivity contribution in [1.82, 2.24) is 0 Å². The van der Waals surface area contributed by atoms with E-state index in [9.17, 15) is 14.7 Å². The minimum Gasteiger partial charge on any atom is -0.462 e. The number of unbranched alkanes of at least 4 members (excludes halogenated alkanes) is 22. The van der Waals surface area contributed by atoms with Gasteiger partial charge in [-0.1, -0.05) is 209 Å². The lowest BCUT2D eigenvalue weighted by Gasteiger charge is -2.15. The fraction of sp³-hybridized carbons (Fsp3) is 0.750. The first-order valence-electron chi connectivity index (χ1n) is 22.3. The van der Waals surface area contributed by atoms with Crippen molar-refractivity contribution >= 4 is 11.9 Å². The lowest BCUT2D eigenvalue weighted by atomic mass is 10.0. The Balaban J connectivity index is 3.57. The number of esters is 2. The molecule has 5 nitrogen and oxygen atoms in total. The SMILES string of the molecule is CC/C=C\C/C=C\C/C=C\C/C=C\C/C=C\CCCC(=O)OC(CO)COC(=O)CCCCCCCCCCCCCCCCCCCCCCCC. The number of aliphatic hydroxyl groups excluding tert-OH is 1. The van der Waals surface area contributed by atoms with E-state index >= 15 is 0 Å². The third kappa shape index (κ3) is 42.2. The molecule has 0 aromatic rings. The summed E-state index contributed by atoms with van der Waals surface area (Å²) in [6.07, 6.45) is 57.3. The molecular formula is C48H84O5. The summed E-state index contributed by atoms with van der Waals surface area (Å²) in [5.41, 5.74) is 0. The molecule has 0 bridgehead atoms. The highest BCUT2D eigenvalue weighted by molar-refractivity contribution is 5.70. The third-order valence-corrected chi connectivity index (χ3v) is 9.58. The summed E-state index contributed by atoms with van der Waals surface area (Å²) in [7, 11) is 0. The van der Waals surface area contributed by atoms with Crippen molar-refractivity contribution in [1.29, 1.82) is 0 Å². The van der Waals surface area contributed by atoms with Gasteiger partial charge in [0.1, 0.15) is 6.61 Å². The molecule has 0 radical (unpaired) electrons. The fourth-order valence-corrected chi connectivity index (χ4v) is 6.24. The average Bonchev–Trinajstić information content (AvgIpc) is 3.16. The monoisotopic (exact) mass is 741 g/mol. The standard InChI is InChI=1S/C48H84O5/c1-3-5-7-9-11-13-15-17-19-21-22-23-24-25-27-28-30-32-34-36-38-40-42-47(50)52-45-46(44-49)53-48(51)43-41-39-37-35-33-31-29-26-20-18-16-14-12-10-8-6-4-2/h6,8,12,14,18,20,29,31,35,37,46,49H,3-5,7,9-11,13,15-17,19,21-28,30,32-34,36,38-45H2,1-2H3/b8-6-,14-12-,20-18-,31-29-,37-35-. The number of hydrogen-bond donors (Lipinski definition) is 1. The third-order valence-electron chi connectivity index (χ3n) is 9.58. The topological polar surface area (TPSA) is 72.8 Å². The summed E-state index contributed by atoms with van der Waals surface area (Å²) in [5, 5.41) is 9.57. The summed E-state index contributed by atoms with van der Waals surface area (Å²) in [4.78, 5) is 24.3. The minimum atomic E-state index is -0.801. The Kier molecular flexibility index (Phi) is 42.0. The summed E-state index contributed by atoms with van der Waals surface area (Å²) in [6.45, 7) is 3.99. The van der Waals surface area contributed by atoms with E-state index in [1.54, 1.807) is 0 Å². The molecule has 0 aromatic heterocycles. The molecule has 0 amide bonds. The van der Waals surface area contributed by atoms with Crippen LogP contribution in [0, 0.1) is 0 Å². The van der Waals surface area contributed by atoms with Crippen LogP contribution in [0.3, 0.4) is 0 Å². The maximum atomic E-state index is 12.2. The molecule has 0 saturated carbocycles. The van der Waals surface area contributed by atoms with Crippen LogP contribution in [0.4, 0.5) is 0 Å². The van der Waals surface area contributed by atoms with Gasteiger partial charge < -0.3 is 14.6 Å². The summed E-state index contributed by atoms with van der Waals surface area (Å²) >= 11 is 0. The molecule has 1 atom stereocenters. The molecule has 0 aromatic carbocycles. The van der Waals surface area contributed by atoms with Crippen molar-refractivity contribution in [3.05, 3.63) is 60.8 Å². The molecule has 0 fully saturated rings. The maximum absolute atomic E-state index is 12.2. The molecular weight excluding hydrogens is 657 g/mol. The van der Waals surface area contributed by atoms with Gasteiger partial charge in [-0.2, -0.15) is 0 Å². The molecule has 0 heterocycles. The molecule has 0 spiro atoms. The summed E-state index contributed by atoms with van der Waals surface area (Å²) in [6, 6.07) is 0. The molecule has 1 N–H and O–H groups in total. The van der Waals surface area contributed by atoms with Gasteiger partial charge in [-0.3, -0.25) is 9.59 Å². The Hall–Kier alpha value is -2.40. The fourth-order valence-electron chi connectivity index (χ4n) is 6.24. The molecule has 0 rings (SSSR count). The number of hydrogen-bond acceptors (Lipinski definition) is 5. The second-order valence-corrected chi connectivity index (χ2v) is 14.8. The van der Waals surface area contributed by atoms with Gasteiger partial charge in [0.25, 0.3) is 0 Å². The Bertz CT molecular complexity index is 930. The van der Waals surface area contributed by atoms with Gasteiger partial charge in [-0.25, -0.2) is 0 Å². The Morgan fingerprint density at radius 1 is 0.453 bits per heavy atom. The quantitative estimate of drug-likeness (QED) is 0.0385. The molecule has 0 saturated heterocycles. The highest BCUT2D eigenvalue weighted by Gasteiger charge is 2.16. The van der Waals surface area contributed by atoms with Gasteiger partial charge in [0.15, 0.2) is 6.10 Å². The first-order valence-corrected chi connectivity index (χ1v) is 22.3. The van der Waals surface area contributed by atoms with Crippen LogP contribution >= 0.6 is 0 Å². The zero-order valence-electron chi connectivity index (χ0n) is 34.8. The molecule has 0 aliphatic carbocycles. The number of carbonyl (C=O) groups is 2. The van der Waals surface area contributed by atoms with E-state index in [2.05, 4.69) is 74.6 Å². The number of rotatable bonds is 40. The Morgan fingerprint density at radius 3 is 1.21 bits per heavy atom. The zero-order valence-corrected chi connectivity index (χ0v) is 34.8. The highest BCUT2D eigenvalue weighted by atomic mass is 16.6. The van der Waals surface area contributed by atoms with Crippen molar-refractivity contribution in [3.8, 4) is 0 Å². The predicted molar refractivity (Wildman–Crippen MR) is 228 cm³/mol. The zero-order chi connectivity index (χ0) is 38.6. The lowest BCUT2D eigenvalue weighted by molar-refractivity contribution is -0.161. The minimum absolute atomic E-state index is 0.0881. The van der Waals surface area contributed by atoms with Gasteiger partial charge in [0.05, 0.1) is 6.61 Å². The van der Waals surface area contributed by atoms with E-state index in [1.807, 2.05) is 0 Å². The van der Waals surface area contributed by atoms with E-state index in [1.165, 1.54) is 122 Å². The van der Waals surface area contributed by atoms with Crippen molar-refractivity contribution in [2.24, 2.45) is 0 Å². The Morgan fingerprint density at radius 2 is 0.811 bits per heavy atom. The van der Waals surface area contributed by atoms with E-state index in [0.717, 1.165) is 57.8 Å². The first-order chi connectivity index (χ1) is 26.1. The van der Waals surface area contributed by atoms with E-state index in [4.69, 9.17) is 9.47 Å². The normalized spacial score (nSPS) is 12.7. The number of aliphatic hydroxyl groups is 1. The van der Waals surface area contributed by atoms with Gasteiger partial charge >= 0.3 is 11.9 Å². The first kappa shape index (κ1) is 50.6. The van der Waals surface area contributed by atoms with Crippen LogP contribution in [-0.4, -0.2) is 36.4 Å². The van der Waals surface area contributed by atoms with Crippen molar-refractivity contribution in [2.75, 3.05) is 13.2 Å². The average molecular weight is 741 g/mol. The molecule has 1 unspecified atom stereocenters. The van der Waals surface area contributed by atoms with E-state index in [0.29, 0.717) is 12.8 Å². The van der Waals surface area contributed by atoms with Crippen molar-refractivity contribution in [2.45, 2.75) is 219 Å². The van der Waals surface area contributed by atoms with Crippen molar-refractivity contribution < 1.29 is 24.2 Å². The number of carbonyl (C=O) groups excluding carboxylic acids is 2. The van der Waals surface area contributed by atoms with Crippen LogP contribution in [0.1, 0.15) is 213 Å². The maximum Gasteiger partial charge on any atom is 0.306 e. The molecule has 5 heteroatoms. The second-order valence-electron chi connectivity index (χ2n) is 14.8. The van der Waals surface area contributed by atoms with Crippen LogP contribution in [0.2, 0.25) is 0 Å². The Labute approximate surface area is 328 Å². The van der Waals surface area contributed by atoms with Crippen LogP contribution in [0.15, 0.2) is 60.8 Å². The largest absolute Gasteiger partial charge is 0.462 e. The lowest BCUT2D eigenvalue weighted by Crippen LogP contribution is -2.28. The van der Waals surface area contributed by atoms with Crippen molar-refractivity contribution in [3.63, 3.8) is 0 Å². The van der Waals surface area contributed by atoms with E-state index in [-0.39, 0.29) is 31.6 Å². The van der Waals surface area contributed by atoms with Crippen LogP contribution in [0.25, 0.3) is 0 Å². The number of ether oxygens (including phenoxy) is 2. The summed E-state index contributed by atoms with van der Waals surface area (Å²) in [5.74, 6) is -0.655. The van der Waals surface area contributed by atoms with E-state index < -0.39 is 6.10 Å². The molecule has 306 valence electrons. The molecule has 0 aliphatic heterocycles.